The first-order valence-corrected chi connectivity index (χ1v) is 15.6. The molecule has 0 aliphatic carbocycles. The van der Waals surface area contributed by atoms with Crippen molar-refractivity contribution in [1.29, 1.82) is 0 Å². The zero-order valence-corrected chi connectivity index (χ0v) is 27.7. The summed E-state index contributed by atoms with van der Waals surface area (Å²) in [5.74, 6) is -0.122. The molecule has 4 aromatic carbocycles. The van der Waals surface area contributed by atoms with Gasteiger partial charge >= 0.3 is 17.9 Å². The summed E-state index contributed by atoms with van der Waals surface area (Å²) in [5.41, 5.74) is 5.66. The number of esters is 3. The highest BCUT2D eigenvalue weighted by Crippen LogP contribution is 2.36. The second-order valence-electron chi connectivity index (χ2n) is 10.7. The highest BCUT2D eigenvalue weighted by atomic mass is 16.6. The van der Waals surface area contributed by atoms with Gasteiger partial charge in [-0.3, -0.25) is 0 Å². The topological polar surface area (TPSA) is 127 Å². The molecule has 0 atom stereocenters. The number of aliphatic hydroxyl groups is 1. The summed E-state index contributed by atoms with van der Waals surface area (Å²) in [6.45, 7) is 10.4. The predicted octanol–water partition coefficient (Wildman–Crippen LogP) is 6.37. The van der Waals surface area contributed by atoms with Crippen LogP contribution in [0.4, 0.5) is 0 Å². The van der Waals surface area contributed by atoms with Crippen LogP contribution in [0.3, 0.4) is 0 Å². The molecule has 0 saturated carbocycles. The number of rotatable bonds is 18. The first-order chi connectivity index (χ1) is 24.2. The molecule has 258 valence electrons. The van der Waals surface area contributed by atoms with Crippen molar-refractivity contribution in [3.05, 3.63) is 128 Å². The number of ether oxygens (including phenoxy) is 6. The van der Waals surface area contributed by atoms with E-state index in [2.05, 4.69) is 19.7 Å². The number of carbonyl (C=O) groups excluding carboxylic acids is 3. The van der Waals surface area contributed by atoms with Crippen molar-refractivity contribution < 1.29 is 47.9 Å². The molecular weight excluding hydrogens is 640 g/mol. The standard InChI is InChI=1S/C40H38O10/c1-5-38(42)50-35-17-12-30(13-18-35)29-6-8-32(9-7-29)36-24-33(14-19-37(36)47-21-23-49-40(44)28(3)26-45-4)31-10-15-34(16-11-31)46-20-22-48-39(43)27(2)25-41/h5-19,24,41H,1-3,20-23,25-26H2,4H3. The third-order valence-corrected chi connectivity index (χ3v) is 7.18. The second-order valence-corrected chi connectivity index (χ2v) is 10.7. The van der Waals surface area contributed by atoms with Gasteiger partial charge < -0.3 is 33.5 Å². The summed E-state index contributed by atoms with van der Waals surface area (Å²) >= 11 is 0. The number of hydrogen-bond donors (Lipinski definition) is 1. The molecule has 4 aromatic rings. The Labute approximate surface area is 290 Å². The Morgan fingerprint density at radius 1 is 0.640 bits per heavy atom. The summed E-state index contributed by atoms with van der Waals surface area (Å²) in [6, 6.07) is 28.4. The maximum atomic E-state index is 12.1. The minimum Gasteiger partial charge on any atom is -0.490 e. The molecule has 0 bridgehead atoms. The number of hydrogen-bond acceptors (Lipinski definition) is 10. The lowest BCUT2D eigenvalue weighted by molar-refractivity contribution is -0.141. The van der Waals surface area contributed by atoms with Crippen molar-refractivity contribution in [2.45, 2.75) is 0 Å². The number of aliphatic hydroxyl groups excluding tert-OH is 1. The van der Waals surface area contributed by atoms with Gasteiger partial charge in [0.2, 0.25) is 0 Å². The van der Waals surface area contributed by atoms with Crippen LogP contribution in [0, 0.1) is 0 Å². The third kappa shape index (κ3) is 10.5. The largest absolute Gasteiger partial charge is 0.490 e. The van der Waals surface area contributed by atoms with E-state index in [9.17, 15) is 14.4 Å². The maximum Gasteiger partial charge on any atom is 0.335 e. The van der Waals surface area contributed by atoms with Crippen LogP contribution >= 0.6 is 0 Å². The second kappa shape index (κ2) is 18.5. The molecule has 0 radical (unpaired) electrons. The molecule has 0 unspecified atom stereocenters. The smallest absolute Gasteiger partial charge is 0.335 e. The lowest BCUT2D eigenvalue weighted by atomic mass is 9.96. The van der Waals surface area contributed by atoms with E-state index < -0.39 is 24.5 Å². The molecule has 0 amide bonds. The van der Waals surface area contributed by atoms with Gasteiger partial charge in [-0.2, -0.15) is 0 Å². The highest BCUT2D eigenvalue weighted by molar-refractivity contribution is 5.88. The van der Waals surface area contributed by atoms with Gasteiger partial charge in [0, 0.05) is 18.7 Å². The lowest BCUT2D eigenvalue weighted by Gasteiger charge is -2.15. The predicted molar refractivity (Wildman–Crippen MR) is 189 cm³/mol. The van der Waals surface area contributed by atoms with E-state index in [1.165, 1.54) is 7.11 Å². The van der Waals surface area contributed by atoms with Crippen molar-refractivity contribution in [2.24, 2.45) is 0 Å². The van der Waals surface area contributed by atoms with E-state index in [-0.39, 0.29) is 44.2 Å². The van der Waals surface area contributed by atoms with Gasteiger partial charge in [-0.15, -0.1) is 0 Å². The van der Waals surface area contributed by atoms with Gasteiger partial charge in [-0.1, -0.05) is 74.3 Å². The summed E-state index contributed by atoms with van der Waals surface area (Å²) in [7, 11) is 1.47. The van der Waals surface area contributed by atoms with Crippen molar-refractivity contribution >= 4 is 17.9 Å². The zero-order valence-electron chi connectivity index (χ0n) is 27.7. The molecule has 0 heterocycles. The molecule has 4 rings (SSSR count). The van der Waals surface area contributed by atoms with E-state index in [1.54, 1.807) is 12.1 Å². The van der Waals surface area contributed by atoms with Crippen LogP contribution in [0.25, 0.3) is 33.4 Å². The Morgan fingerprint density at radius 3 is 1.72 bits per heavy atom. The third-order valence-electron chi connectivity index (χ3n) is 7.18. The lowest BCUT2D eigenvalue weighted by Crippen LogP contribution is -2.15. The van der Waals surface area contributed by atoms with E-state index in [0.29, 0.717) is 17.2 Å². The van der Waals surface area contributed by atoms with E-state index in [4.69, 9.17) is 33.5 Å². The minimum absolute atomic E-state index is 0.0147. The molecule has 10 nitrogen and oxygen atoms in total. The minimum atomic E-state index is -0.666. The maximum absolute atomic E-state index is 12.1. The van der Waals surface area contributed by atoms with Gasteiger partial charge in [0.15, 0.2) is 0 Å². The van der Waals surface area contributed by atoms with E-state index in [0.717, 1.165) is 39.5 Å². The molecule has 1 N–H and O–H groups in total. The van der Waals surface area contributed by atoms with Crippen molar-refractivity contribution in [3.8, 4) is 50.6 Å². The Kier molecular flexibility index (Phi) is 13.7. The molecule has 50 heavy (non-hydrogen) atoms. The number of carbonyl (C=O) groups is 3. The summed E-state index contributed by atoms with van der Waals surface area (Å²) in [4.78, 5) is 35.2. The van der Waals surface area contributed by atoms with Crippen molar-refractivity contribution in [3.63, 3.8) is 0 Å². The molecular formula is C40H38O10. The Hall–Kier alpha value is -5.97. The molecule has 0 aliphatic heterocycles. The first-order valence-electron chi connectivity index (χ1n) is 15.6. The van der Waals surface area contributed by atoms with Crippen molar-refractivity contribution in [1.82, 2.24) is 0 Å². The quantitative estimate of drug-likeness (QED) is 0.0549. The Balaban J connectivity index is 1.51. The van der Waals surface area contributed by atoms with Gasteiger partial charge in [-0.25, -0.2) is 14.4 Å². The van der Waals surface area contributed by atoms with Gasteiger partial charge in [-0.05, 0) is 64.2 Å². The summed E-state index contributed by atoms with van der Waals surface area (Å²) in [5, 5.41) is 8.97. The van der Waals surface area contributed by atoms with Crippen LogP contribution in [0.1, 0.15) is 0 Å². The average molecular weight is 679 g/mol. The van der Waals surface area contributed by atoms with Crippen LogP contribution < -0.4 is 14.2 Å². The summed E-state index contributed by atoms with van der Waals surface area (Å²) in [6.07, 6.45) is 1.11. The van der Waals surface area contributed by atoms with E-state index in [1.807, 2.05) is 78.9 Å². The van der Waals surface area contributed by atoms with E-state index >= 15 is 0 Å². The van der Waals surface area contributed by atoms with Crippen LogP contribution in [0.15, 0.2) is 128 Å². The van der Waals surface area contributed by atoms with Gasteiger partial charge in [0.05, 0.1) is 24.4 Å². The summed E-state index contributed by atoms with van der Waals surface area (Å²) < 4.78 is 32.2. The number of benzene rings is 4. The van der Waals surface area contributed by atoms with Crippen LogP contribution in [0.5, 0.6) is 17.2 Å². The molecule has 0 aliphatic rings. The van der Waals surface area contributed by atoms with Crippen LogP contribution in [-0.4, -0.2) is 69.8 Å². The molecule has 0 aromatic heterocycles. The highest BCUT2D eigenvalue weighted by Gasteiger charge is 2.13. The Morgan fingerprint density at radius 2 is 1.14 bits per heavy atom. The fourth-order valence-corrected chi connectivity index (χ4v) is 4.60. The molecule has 0 saturated heterocycles. The fraction of sp³-hybridized carbons (Fsp3) is 0.175. The Bertz CT molecular complexity index is 1810. The van der Waals surface area contributed by atoms with Crippen LogP contribution in [-0.2, 0) is 28.6 Å². The first kappa shape index (κ1) is 36.9. The molecule has 0 spiro atoms. The van der Waals surface area contributed by atoms with Gasteiger partial charge in [0.25, 0.3) is 0 Å². The monoisotopic (exact) mass is 678 g/mol. The molecule has 0 fully saturated rings. The van der Waals surface area contributed by atoms with Gasteiger partial charge in [0.1, 0.15) is 43.7 Å². The molecule has 10 heteroatoms. The SMILES string of the molecule is C=CC(=O)Oc1ccc(-c2ccc(-c3cc(-c4ccc(OCCOC(=O)C(=C)CO)cc4)ccc3OCCOC(=O)C(=C)COC)cc2)cc1. The fourth-order valence-electron chi connectivity index (χ4n) is 4.60. The average Bonchev–Trinajstić information content (AvgIpc) is 3.15. The van der Waals surface area contributed by atoms with Crippen molar-refractivity contribution in [2.75, 3.05) is 46.8 Å². The zero-order chi connectivity index (χ0) is 35.9. The van der Waals surface area contributed by atoms with Crippen LogP contribution in [0.2, 0.25) is 0 Å². The normalized spacial score (nSPS) is 10.4. The number of methoxy groups -OCH3 is 1.